The summed E-state index contributed by atoms with van der Waals surface area (Å²) in [6.07, 6.45) is 5.14. The Kier molecular flexibility index (Phi) is 10.0. The van der Waals surface area contributed by atoms with Crippen LogP contribution in [0.25, 0.3) is 0 Å². The second kappa shape index (κ2) is 8.07. The Balaban J connectivity index is 0. The molecule has 0 saturated heterocycles. The Morgan fingerprint density at radius 3 is 2.50 bits per heavy atom. The van der Waals surface area contributed by atoms with Gasteiger partial charge in [0, 0.05) is 0 Å². The maximum atomic E-state index is 9.83. The first-order valence-corrected chi connectivity index (χ1v) is 4.68. The van der Waals surface area contributed by atoms with Crippen molar-refractivity contribution in [1.29, 1.82) is 0 Å². The number of allylic oxidation sites excluding steroid dienone is 1. The Labute approximate surface area is 95.2 Å². The molecule has 0 unspecified atom stereocenters. The third-order valence-electron chi connectivity index (χ3n) is 0.994. The van der Waals surface area contributed by atoms with Gasteiger partial charge in [0.1, 0.15) is 6.26 Å². The first kappa shape index (κ1) is 14.9. The zero-order valence-corrected chi connectivity index (χ0v) is 10.1. The summed E-state index contributed by atoms with van der Waals surface area (Å²) in [5.41, 5.74) is 0. The third-order valence-corrected chi connectivity index (χ3v) is 1.34. The van der Waals surface area contributed by atoms with Crippen molar-refractivity contribution in [2.24, 2.45) is 0 Å². The predicted octanol–water partition coefficient (Wildman–Crippen LogP) is -1.83. The molecule has 0 radical (unpaired) electrons. The Hall–Kier alpha value is 0.450. The molecular formula is C6H11NaO4S. The molecule has 0 aromatic carbocycles. The van der Waals surface area contributed by atoms with E-state index in [1.165, 1.54) is 6.08 Å². The fourth-order valence-corrected chi connectivity index (χ4v) is 0.712. The molecule has 0 atom stereocenters. The molecule has 0 aliphatic rings. The van der Waals surface area contributed by atoms with E-state index in [9.17, 15) is 13.0 Å². The second-order valence-corrected chi connectivity index (χ2v) is 3.03. The normalized spacial score (nSPS) is 11.2. The summed E-state index contributed by atoms with van der Waals surface area (Å²) in [6, 6.07) is 0. The van der Waals surface area contributed by atoms with Crippen LogP contribution < -0.4 is 29.6 Å². The molecule has 0 fully saturated rings. The van der Waals surface area contributed by atoms with Crippen LogP contribution in [0, 0.1) is 0 Å². The van der Waals surface area contributed by atoms with E-state index in [-0.39, 0.29) is 29.6 Å². The van der Waals surface area contributed by atoms with Crippen LogP contribution >= 0.6 is 0 Å². The summed E-state index contributed by atoms with van der Waals surface area (Å²) in [5.74, 6) is 0. The Morgan fingerprint density at radius 2 is 2.08 bits per heavy atom. The molecule has 0 amide bonds. The van der Waals surface area contributed by atoms with Gasteiger partial charge in [0.2, 0.25) is 0 Å². The Morgan fingerprint density at radius 1 is 1.50 bits per heavy atom. The van der Waals surface area contributed by atoms with Crippen molar-refractivity contribution in [3.05, 3.63) is 12.3 Å². The zero-order chi connectivity index (χ0) is 8.74. The maximum absolute atomic E-state index is 9.83. The molecule has 0 aliphatic carbocycles. The van der Waals surface area contributed by atoms with Crippen LogP contribution in [0.2, 0.25) is 0 Å². The number of rotatable bonds is 5. The van der Waals surface area contributed by atoms with Crippen LogP contribution in [-0.2, 0) is 14.6 Å². The molecule has 0 rings (SSSR count). The monoisotopic (exact) mass is 202 g/mol. The predicted molar refractivity (Wildman–Crippen MR) is 39.4 cm³/mol. The molecule has 0 saturated carbocycles. The number of hydrogen-bond donors (Lipinski definition) is 0. The minimum absolute atomic E-state index is 0. The van der Waals surface area contributed by atoms with Crippen LogP contribution in [-0.4, -0.2) is 13.0 Å². The van der Waals surface area contributed by atoms with Gasteiger partial charge >= 0.3 is 29.6 Å². The summed E-state index contributed by atoms with van der Waals surface area (Å²) in [5, 5.41) is 0. The van der Waals surface area contributed by atoms with Crippen molar-refractivity contribution in [3.63, 3.8) is 0 Å². The molecular weight excluding hydrogens is 191 g/mol. The first-order valence-electron chi connectivity index (χ1n) is 3.35. The van der Waals surface area contributed by atoms with E-state index >= 15 is 0 Å². The van der Waals surface area contributed by atoms with E-state index in [2.05, 4.69) is 4.18 Å². The first-order chi connectivity index (χ1) is 5.06. The van der Waals surface area contributed by atoms with Gasteiger partial charge in [-0.25, -0.2) is 8.42 Å². The van der Waals surface area contributed by atoms with E-state index < -0.39 is 10.4 Å². The van der Waals surface area contributed by atoms with E-state index in [0.717, 1.165) is 25.5 Å². The topological polar surface area (TPSA) is 66.4 Å². The van der Waals surface area contributed by atoms with Crippen LogP contribution in [0.5, 0.6) is 0 Å². The van der Waals surface area contributed by atoms with Gasteiger partial charge in [0.25, 0.3) is 10.4 Å². The van der Waals surface area contributed by atoms with E-state index in [4.69, 9.17) is 0 Å². The van der Waals surface area contributed by atoms with Gasteiger partial charge in [-0.15, -0.1) is 0 Å². The average Bonchev–Trinajstić information content (AvgIpc) is 1.85. The van der Waals surface area contributed by atoms with Crippen LogP contribution in [0.1, 0.15) is 26.2 Å². The van der Waals surface area contributed by atoms with Crippen LogP contribution in [0.15, 0.2) is 12.3 Å². The number of unbranched alkanes of at least 4 members (excludes halogenated alkanes) is 2. The van der Waals surface area contributed by atoms with Gasteiger partial charge in [0.05, 0.1) is 0 Å². The molecule has 6 heteroatoms. The fourth-order valence-electron chi connectivity index (χ4n) is 0.497. The van der Waals surface area contributed by atoms with Crippen molar-refractivity contribution in [2.45, 2.75) is 26.2 Å². The Bertz CT molecular complexity index is 210. The number of hydrogen-bond acceptors (Lipinski definition) is 4. The van der Waals surface area contributed by atoms with Crippen LogP contribution in [0.4, 0.5) is 0 Å². The maximum Gasteiger partial charge on any atom is 1.00 e. The second-order valence-electron chi connectivity index (χ2n) is 2.02. The largest absolute Gasteiger partial charge is 1.00 e. The summed E-state index contributed by atoms with van der Waals surface area (Å²) >= 11 is 0. The summed E-state index contributed by atoms with van der Waals surface area (Å²) in [7, 11) is -4.55. The molecule has 0 heterocycles. The minimum atomic E-state index is -4.55. The van der Waals surface area contributed by atoms with Gasteiger partial charge in [-0.1, -0.05) is 13.3 Å². The molecule has 0 aromatic rings. The van der Waals surface area contributed by atoms with Crippen molar-refractivity contribution in [2.75, 3.05) is 0 Å². The summed E-state index contributed by atoms with van der Waals surface area (Å²) in [6.45, 7) is 2.01. The molecule has 0 aromatic heterocycles. The van der Waals surface area contributed by atoms with Crippen molar-refractivity contribution in [1.82, 2.24) is 0 Å². The van der Waals surface area contributed by atoms with Gasteiger partial charge < -0.3 is 8.74 Å². The average molecular weight is 202 g/mol. The molecule has 12 heavy (non-hydrogen) atoms. The minimum Gasteiger partial charge on any atom is -0.716 e. The molecule has 0 N–H and O–H groups in total. The van der Waals surface area contributed by atoms with Crippen molar-refractivity contribution < 1.29 is 46.7 Å². The summed E-state index contributed by atoms with van der Waals surface area (Å²) < 4.78 is 33.3. The summed E-state index contributed by atoms with van der Waals surface area (Å²) in [4.78, 5) is 0. The third kappa shape index (κ3) is 13.1. The zero-order valence-electron chi connectivity index (χ0n) is 7.32. The van der Waals surface area contributed by atoms with E-state index in [1.54, 1.807) is 0 Å². The molecule has 66 valence electrons. The van der Waals surface area contributed by atoms with E-state index in [0.29, 0.717) is 0 Å². The van der Waals surface area contributed by atoms with Gasteiger partial charge in [-0.2, -0.15) is 0 Å². The van der Waals surface area contributed by atoms with E-state index in [1.807, 2.05) is 6.92 Å². The molecule has 0 aliphatic heterocycles. The quantitative estimate of drug-likeness (QED) is 0.173. The van der Waals surface area contributed by atoms with Gasteiger partial charge in [0.15, 0.2) is 0 Å². The van der Waals surface area contributed by atoms with Crippen molar-refractivity contribution in [3.8, 4) is 0 Å². The van der Waals surface area contributed by atoms with Gasteiger partial charge in [-0.05, 0) is 18.9 Å². The molecule has 0 spiro atoms. The molecule has 4 nitrogen and oxygen atoms in total. The standard InChI is InChI=1S/C6H12O4S.Na/c1-2-3-4-5-6-10-11(7,8)9;/h5-6H,2-4H2,1H3,(H,7,8,9);/q;+1/p-1/b6-5+;. The SMILES string of the molecule is CCCC/C=C/OS(=O)(=O)[O-].[Na+]. The molecule has 0 bridgehead atoms. The van der Waals surface area contributed by atoms with Crippen LogP contribution in [0.3, 0.4) is 0 Å². The fraction of sp³-hybridized carbons (Fsp3) is 0.667. The smallest absolute Gasteiger partial charge is 0.716 e. The van der Waals surface area contributed by atoms with Crippen molar-refractivity contribution >= 4 is 10.4 Å². The van der Waals surface area contributed by atoms with Gasteiger partial charge in [-0.3, -0.25) is 0 Å².